The van der Waals surface area contributed by atoms with Crippen molar-refractivity contribution in [3.8, 4) is 5.69 Å². The maximum Gasteiger partial charge on any atom is 0.287 e. The zero-order valence-electron chi connectivity index (χ0n) is 15.5. The smallest absolute Gasteiger partial charge is 0.266 e. The Hall–Kier alpha value is -1.84. The molecule has 0 atom stereocenters. The molecule has 30 heavy (non-hydrogen) atoms. The van der Waals surface area contributed by atoms with Gasteiger partial charge in [0.1, 0.15) is 4.90 Å². The molecule has 1 heterocycles. The highest BCUT2D eigenvalue weighted by atomic mass is 35.5. The Balaban J connectivity index is 2.03. The van der Waals surface area contributed by atoms with E-state index >= 15 is 0 Å². The third kappa shape index (κ3) is 4.58. The molecule has 12 heteroatoms. The van der Waals surface area contributed by atoms with E-state index in [4.69, 9.17) is 46.4 Å². The lowest BCUT2D eigenvalue weighted by atomic mass is 10.1. The first-order valence-electron chi connectivity index (χ1n) is 8.44. The molecular weight excluding hydrogens is 494 g/mol. The fraction of sp³-hybridized carbons (Fsp3) is 0.167. The lowest BCUT2D eigenvalue weighted by molar-refractivity contribution is 0.0975. The van der Waals surface area contributed by atoms with Crippen LogP contribution in [0.1, 0.15) is 35.9 Å². The number of halogens is 4. The molecule has 2 aromatic carbocycles. The van der Waals surface area contributed by atoms with Crippen LogP contribution in [0.15, 0.2) is 41.3 Å². The molecule has 3 rings (SSSR count). The summed E-state index contributed by atoms with van der Waals surface area (Å²) in [5.41, 5.74) is 0.638. The van der Waals surface area contributed by atoms with Gasteiger partial charge in [0.25, 0.3) is 15.9 Å². The number of carbonyl (C=O) groups excluding carboxylic acids is 1. The molecular formula is C18H14Cl4N4O3S. The zero-order valence-corrected chi connectivity index (χ0v) is 19.4. The highest BCUT2D eigenvalue weighted by Crippen LogP contribution is 2.29. The molecule has 1 N–H and O–H groups in total. The number of hydrogen-bond donors (Lipinski definition) is 1. The zero-order chi connectivity index (χ0) is 22.2. The number of rotatable bonds is 5. The van der Waals surface area contributed by atoms with Gasteiger partial charge >= 0.3 is 0 Å². The molecule has 0 bridgehead atoms. The van der Waals surface area contributed by atoms with E-state index in [1.165, 1.54) is 22.9 Å². The van der Waals surface area contributed by atoms with Crippen LogP contribution in [0.5, 0.6) is 0 Å². The number of amides is 1. The molecule has 158 valence electrons. The summed E-state index contributed by atoms with van der Waals surface area (Å²) in [6, 6.07) is 8.66. The van der Waals surface area contributed by atoms with Gasteiger partial charge < -0.3 is 0 Å². The predicted molar refractivity (Wildman–Crippen MR) is 117 cm³/mol. The molecule has 0 saturated carbocycles. The highest BCUT2D eigenvalue weighted by Gasteiger charge is 2.28. The average molecular weight is 508 g/mol. The first-order valence-corrected chi connectivity index (χ1v) is 11.4. The summed E-state index contributed by atoms with van der Waals surface area (Å²) in [6.45, 7) is 3.61. The van der Waals surface area contributed by atoms with Gasteiger partial charge in [-0.05, 0) is 42.3 Å². The van der Waals surface area contributed by atoms with E-state index in [1.54, 1.807) is 26.0 Å². The molecule has 0 radical (unpaired) electrons. The summed E-state index contributed by atoms with van der Waals surface area (Å²) in [5.74, 6) is -1.21. The van der Waals surface area contributed by atoms with Gasteiger partial charge in [-0.15, -0.1) is 5.10 Å². The largest absolute Gasteiger partial charge is 0.287 e. The second-order valence-corrected chi connectivity index (χ2v) is 9.83. The van der Waals surface area contributed by atoms with Gasteiger partial charge in [-0.2, -0.15) is 0 Å². The highest BCUT2D eigenvalue weighted by molar-refractivity contribution is 7.90. The summed E-state index contributed by atoms with van der Waals surface area (Å²) in [7, 11) is -4.31. The van der Waals surface area contributed by atoms with Crippen LogP contribution in [0.4, 0.5) is 0 Å². The van der Waals surface area contributed by atoms with Gasteiger partial charge in [-0.25, -0.2) is 17.8 Å². The van der Waals surface area contributed by atoms with Crippen LogP contribution in [-0.4, -0.2) is 29.3 Å². The lowest BCUT2D eigenvalue weighted by Gasteiger charge is -2.13. The van der Waals surface area contributed by atoms with Crippen molar-refractivity contribution in [1.29, 1.82) is 0 Å². The SMILES string of the molecule is CC(C)c1c(C(=O)NS(=O)(=O)c2cc(Cl)ccc2Cl)nnn1-c1ccc(Cl)cc1Cl. The molecule has 0 spiro atoms. The topological polar surface area (TPSA) is 93.9 Å². The number of carbonyl (C=O) groups is 1. The first-order chi connectivity index (χ1) is 14.0. The van der Waals surface area contributed by atoms with Crippen LogP contribution >= 0.6 is 46.4 Å². The molecule has 3 aromatic rings. The summed E-state index contributed by atoms with van der Waals surface area (Å²) < 4.78 is 28.7. The Morgan fingerprint density at radius 2 is 1.63 bits per heavy atom. The van der Waals surface area contributed by atoms with Crippen molar-refractivity contribution in [2.24, 2.45) is 0 Å². The summed E-state index contributed by atoms with van der Waals surface area (Å²) in [5, 5.41) is 8.66. The minimum Gasteiger partial charge on any atom is -0.266 e. The van der Waals surface area contributed by atoms with Gasteiger partial charge in [0.15, 0.2) is 5.69 Å². The van der Waals surface area contributed by atoms with E-state index in [2.05, 4.69) is 10.3 Å². The van der Waals surface area contributed by atoms with Crippen LogP contribution < -0.4 is 4.72 Å². The van der Waals surface area contributed by atoms with Gasteiger partial charge in [0.2, 0.25) is 0 Å². The molecule has 0 unspecified atom stereocenters. The average Bonchev–Trinajstić information content (AvgIpc) is 3.08. The standard InChI is InChI=1S/C18H14Cl4N4O3S/c1-9(2)17-16(23-25-26(17)14-6-4-10(19)7-13(14)22)18(27)24-30(28,29)15-8-11(20)3-5-12(15)21/h3-9H,1-2H3,(H,24,27). The van der Waals surface area contributed by atoms with Crippen molar-refractivity contribution in [1.82, 2.24) is 19.7 Å². The maximum absolute atomic E-state index is 12.8. The van der Waals surface area contributed by atoms with E-state index in [-0.39, 0.29) is 26.6 Å². The number of sulfonamides is 1. The van der Waals surface area contributed by atoms with E-state index in [9.17, 15) is 13.2 Å². The van der Waals surface area contributed by atoms with Crippen molar-refractivity contribution in [2.45, 2.75) is 24.7 Å². The predicted octanol–water partition coefficient (Wildman–Crippen LogP) is 5.12. The minimum absolute atomic E-state index is 0.0830. The summed E-state index contributed by atoms with van der Waals surface area (Å²) in [4.78, 5) is 12.5. The van der Waals surface area contributed by atoms with Crippen molar-refractivity contribution >= 4 is 62.3 Å². The molecule has 1 aromatic heterocycles. The third-order valence-corrected chi connectivity index (χ3v) is 6.60. The van der Waals surface area contributed by atoms with E-state index in [0.29, 0.717) is 21.4 Å². The molecule has 1 amide bonds. The van der Waals surface area contributed by atoms with Crippen LogP contribution in [0, 0.1) is 0 Å². The van der Waals surface area contributed by atoms with Gasteiger partial charge in [-0.3, -0.25) is 4.79 Å². The van der Waals surface area contributed by atoms with Crippen molar-refractivity contribution in [3.63, 3.8) is 0 Å². The van der Waals surface area contributed by atoms with Gasteiger partial charge in [-0.1, -0.05) is 65.5 Å². The summed E-state index contributed by atoms with van der Waals surface area (Å²) >= 11 is 24.0. The molecule has 0 aliphatic carbocycles. The Morgan fingerprint density at radius 3 is 2.27 bits per heavy atom. The lowest BCUT2D eigenvalue weighted by Crippen LogP contribution is -2.32. The normalized spacial score (nSPS) is 11.7. The third-order valence-electron chi connectivity index (χ3n) is 4.01. The minimum atomic E-state index is -4.31. The van der Waals surface area contributed by atoms with Crippen molar-refractivity contribution < 1.29 is 13.2 Å². The van der Waals surface area contributed by atoms with Crippen LogP contribution in [0.3, 0.4) is 0 Å². The quantitative estimate of drug-likeness (QED) is 0.517. The number of aromatic nitrogens is 3. The molecule has 0 aliphatic heterocycles. The maximum atomic E-state index is 12.8. The second-order valence-electron chi connectivity index (χ2n) is 6.49. The number of benzene rings is 2. The second kappa shape index (κ2) is 8.72. The number of hydrogen-bond acceptors (Lipinski definition) is 5. The fourth-order valence-electron chi connectivity index (χ4n) is 2.71. The Labute approximate surface area is 192 Å². The van der Waals surface area contributed by atoms with Gasteiger partial charge in [0.05, 0.1) is 21.4 Å². The van der Waals surface area contributed by atoms with E-state index < -0.39 is 15.9 Å². The monoisotopic (exact) mass is 506 g/mol. The van der Waals surface area contributed by atoms with Crippen LogP contribution in [0.25, 0.3) is 5.69 Å². The summed E-state index contributed by atoms with van der Waals surface area (Å²) in [6.07, 6.45) is 0. The fourth-order valence-corrected chi connectivity index (χ4v) is 4.91. The Kier molecular flexibility index (Phi) is 6.64. The first kappa shape index (κ1) is 22.8. The molecule has 0 fully saturated rings. The Morgan fingerprint density at radius 1 is 1.00 bits per heavy atom. The number of nitrogens with one attached hydrogen (secondary N) is 1. The molecule has 7 nitrogen and oxygen atoms in total. The Bertz CT molecular complexity index is 1240. The van der Waals surface area contributed by atoms with Crippen molar-refractivity contribution in [2.75, 3.05) is 0 Å². The molecule has 0 aliphatic rings. The van der Waals surface area contributed by atoms with Crippen LogP contribution in [0.2, 0.25) is 20.1 Å². The van der Waals surface area contributed by atoms with Gasteiger partial charge in [0, 0.05) is 10.0 Å². The molecule has 0 saturated heterocycles. The van der Waals surface area contributed by atoms with Crippen LogP contribution in [-0.2, 0) is 10.0 Å². The van der Waals surface area contributed by atoms with E-state index in [0.717, 1.165) is 6.07 Å². The number of nitrogens with zero attached hydrogens (tertiary/aromatic N) is 3. The van der Waals surface area contributed by atoms with Crippen molar-refractivity contribution in [3.05, 3.63) is 67.9 Å². The van der Waals surface area contributed by atoms with E-state index in [1.807, 2.05) is 4.72 Å².